The highest BCUT2D eigenvalue weighted by molar-refractivity contribution is 5.94. The smallest absolute Gasteiger partial charge is 0.408 e. The van der Waals surface area contributed by atoms with Crippen molar-refractivity contribution in [2.75, 3.05) is 13.1 Å². The first-order chi connectivity index (χ1) is 18.9. The van der Waals surface area contributed by atoms with E-state index in [1.54, 1.807) is 20.8 Å². The van der Waals surface area contributed by atoms with Gasteiger partial charge in [0.25, 0.3) is 0 Å². The molecule has 4 amide bonds. The fourth-order valence-electron chi connectivity index (χ4n) is 4.40. The van der Waals surface area contributed by atoms with Gasteiger partial charge in [-0.3, -0.25) is 14.4 Å². The molecule has 0 bridgehead atoms. The Labute approximate surface area is 241 Å². The monoisotopic (exact) mass is 560 g/mol. The Hall–Kier alpha value is -3.10. The quantitative estimate of drug-likeness (QED) is 0.213. The van der Waals surface area contributed by atoms with E-state index in [0.29, 0.717) is 18.5 Å². The summed E-state index contributed by atoms with van der Waals surface area (Å²) in [5, 5.41) is 5.54. The van der Waals surface area contributed by atoms with E-state index in [-0.39, 0.29) is 12.5 Å². The van der Waals surface area contributed by atoms with Crippen LogP contribution in [0.2, 0.25) is 0 Å². The molecule has 0 saturated heterocycles. The molecule has 1 aromatic rings. The number of nitrogens with two attached hydrogens (primary N) is 1. The van der Waals surface area contributed by atoms with Crippen LogP contribution in [0.3, 0.4) is 0 Å². The number of nitrogens with one attached hydrogen (secondary N) is 2. The zero-order chi connectivity index (χ0) is 30.1. The van der Waals surface area contributed by atoms with Crippen LogP contribution in [0.5, 0.6) is 0 Å². The molecule has 0 radical (unpaired) electrons. The Morgan fingerprint density at radius 3 is 2.05 bits per heavy atom. The third-order valence-corrected chi connectivity index (χ3v) is 6.52. The van der Waals surface area contributed by atoms with E-state index in [4.69, 9.17) is 10.5 Å². The van der Waals surface area contributed by atoms with Gasteiger partial charge in [-0.2, -0.15) is 0 Å². The molecule has 0 aliphatic heterocycles. The van der Waals surface area contributed by atoms with Gasteiger partial charge in [0.2, 0.25) is 17.7 Å². The van der Waals surface area contributed by atoms with Crippen LogP contribution in [0.15, 0.2) is 24.3 Å². The average Bonchev–Trinajstić information content (AvgIpc) is 2.88. The zero-order valence-electron chi connectivity index (χ0n) is 25.5. The van der Waals surface area contributed by atoms with Crippen molar-refractivity contribution < 1.29 is 23.9 Å². The van der Waals surface area contributed by atoms with Crippen molar-refractivity contribution in [3.8, 4) is 0 Å². The standard InChI is InChI=1S/C31H52N4O5/c1-7-10-12-13-15-21-35(29(38)25(22-26(32)36)34-30(39)40-31(4,5)6)27(28(37)33-20-14-11-8-2)24-18-16-23(9-3)17-19-24/h16-19,25,27H,7-15,20-22H2,1-6H3,(H2,32,36)(H,33,37)(H,34,39). The number of hydrogen-bond donors (Lipinski definition) is 3. The van der Waals surface area contributed by atoms with Crippen LogP contribution in [0.1, 0.15) is 116 Å². The Balaban J connectivity index is 3.45. The van der Waals surface area contributed by atoms with E-state index >= 15 is 0 Å². The summed E-state index contributed by atoms with van der Waals surface area (Å²) in [5.74, 6) is -1.59. The predicted octanol–water partition coefficient (Wildman–Crippen LogP) is 5.16. The van der Waals surface area contributed by atoms with Crippen LogP contribution < -0.4 is 16.4 Å². The van der Waals surface area contributed by atoms with Gasteiger partial charge in [-0.25, -0.2) is 4.79 Å². The number of unbranched alkanes of at least 4 members (excludes halogenated alkanes) is 6. The first kappa shape index (κ1) is 34.9. The molecular weight excluding hydrogens is 508 g/mol. The molecule has 40 heavy (non-hydrogen) atoms. The van der Waals surface area contributed by atoms with Crippen LogP contribution >= 0.6 is 0 Å². The van der Waals surface area contributed by atoms with Gasteiger partial charge in [-0.1, -0.05) is 83.6 Å². The van der Waals surface area contributed by atoms with Crippen LogP contribution in [0.4, 0.5) is 4.79 Å². The van der Waals surface area contributed by atoms with Crippen LogP contribution in [0.25, 0.3) is 0 Å². The molecule has 0 heterocycles. The minimum atomic E-state index is -1.27. The number of ether oxygens (including phenoxy) is 1. The number of nitrogens with zero attached hydrogens (tertiary/aromatic N) is 1. The van der Waals surface area contributed by atoms with Crippen molar-refractivity contribution >= 4 is 23.8 Å². The van der Waals surface area contributed by atoms with Gasteiger partial charge in [0.15, 0.2) is 0 Å². The van der Waals surface area contributed by atoms with Crippen molar-refractivity contribution in [2.24, 2.45) is 5.73 Å². The predicted molar refractivity (Wildman–Crippen MR) is 159 cm³/mol. The fourth-order valence-corrected chi connectivity index (χ4v) is 4.40. The summed E-state index contributed by atoms with van der Waals surface area (Å²) in [6, 6.07) is 5.45. The molecule has 9 heteroatoms. The van der Waals surface area contributed by atoms with Crippen LogP contribution in [-0.4, -0.2) is 53.4 Å². The molecule has 2 atom stereocenters. The minimum Gasteiger partial charge on any atom is -0.444 e. The van der Waals surface area contributed by atoms with E-state index in [1.807, 2.05) is 24.3 Å². The molecule has 1 aromatic carbocycles. The number of carbonyl (C=O) groups excluding carboxylic acids is 4. The zero-order valence-corrected chi connectivity index (χ0v) is 25.5. The first-order valence-corrected chi connectivity index (χ1v) is 14.9. The molecule has 0 aliphatic rings. The van der Waals surface area contributed by atoms with Crippen molar-refractivity contribution in [1.29, 1.82) is 0 Å². The number of aryl methyl sites for hydroxylation is 1. The van der Waals surface area contributed by atoms with E-state index in [2.05, 4.69) is 31.4 Å². The maximum atomic E-state index is 14.1. The van der Waals surface area contributed by atoms with Crippen molar-refractivity contribution in [3.63, 3.8) is 0 Å². The lowest BCUT2D eigenvalue weighted by Gasteiger charge is -2.34. The van der Waals surface area contributed by atoms with E-state index in [1.165, 1.54) is 4.90 Å². The summed E-state index contributed by atoms with van der Waals surface area (Å²) in [6.45, 7) is 12.2. The summed E-state index contributed by atoms with van der Waals surface area (Å²) in [4.78, 5) is 53.9. The maximum Gasteiger partial charge on any atom is 0.408 e. The molecule has 1 rings (SSSR count). The largest absolute Gasteiger partial charge is 0.444 e. The molecule has 0 fully saturated rings. The molecule has 2 unspecified atom stereocenters. The first-order valence-electron chi connectivity index (χ1n) is 14.9. The summed E-state index contributed by atoms with van der Waals surface area (Å²) in [7, 11) is 0. The van der Waals surface area contributed by atoms with Gasteiger partial charge in [0, 0.05) is 13.1 Å². The van der Waals surface area contributed by atoms with Gasteiger partial charge in [-0.05, 0) is 51.2 Å². The van der Waals surface area contributed by atoms with Crippen molar-refractivity contribution in [2.45, 2.75) is 123 Å². The van der Waals surface area contributed by atoms with Gasteiger partial charge in [0.05, 0.1) is 6.42 Å². The van der Waals surface area contributed by atoms with Gasteiger partial charge < -0.3 is 26.0 Å². The summed E-state index contributed by atoms with van der Waals surface area (Å²) < 4.78 is 5.35. The Morgan fingerprint density at radius 2 is 1.50 bits per heavy atom. The molecule has 4 N–H and O–H groups in total. The Morgan fingerprint density at radius 1 is 0.900 bits per heavy atom. The summed E-state index contributed by atoms with van der Waals surface area (Å²) in [6.07, 6.45) is 7.17. The lowest BCUT2D eigenvalue weighted by molar-refractivity contribution is -0.143. The lowest BCUT2D eigenvalue weighted by atomic mass is 9.99. The number of benzene rings is 1. The lowest BCUT2D eigenvalue weighted by Crippen LogP contribution is -2.54. The SMILES string of the molecule is CCCCCCCN(C(=O)C(CC(N)=O)NC(=O)OC(C)(C)C)C(C(=O)NCCCCC)c1ccc(CC)cc1. The van der Waals surface area contributed by atoms with Gasteiger partial charge in [0.1, 0.15) is 17.7 Å². The van der Waals surface area contributed by atoms with E-state index in [9.17, 15) is 19.2 Å². The highest BCUT2D eigenvalue weighted by Crippen LogP contribution is 2.25. The second-order valence-electron chi connectivity index (χ2n) is 11.3. The molecule has 0 saturated carbocycles. The molecule has 9 nitrogen and oxygen atoms in total. The number of amides is 4. The maximum absolute atomic E-state index is 14.1. The van der Waals surface area contributed by atoms with Crippen LogP contribution in [-0.2, 0) is 25.5 Å². The fraction of sp³-hybridized carbons (Fsp3) is 0.677. The number of hydrogen-bond acceptors (Lipinski definition) is 5. The Bertz CT molecular complexity index is 927. The third-order valence-electron chi connectivity index (χ3n) is 6.52. The number of alkyl carbamates (subject to hydrolysis) is 1. The normalized spacial score (nSPS) is 12.8. The number of rotatable bonds is 18. The highest BCUT2D eigenvalue weighted by Gasteiger charge is 2.36. The molecule has 0 spiro atoms. The number of carbonyl (C=O) groups is 4. The van der Waals surface area contributed by atoms with E-state index in [0.717, 1.165) is 56.9 Å². The summed E-state index contributed by atoms with van der Waals surface area (Å²) in [5.41, 5.74) is 6.46. The number of primary amides is 1. The average molecular weight is 561 g/mol. The summed E-state index contributed by atoms with van der Waals surface area (Å²) >= 11 is 0. The van der Waals surface area contributed by atoms with Gasteiger partial charge >= 0.3 is 6.09 Å². The second kappa shape index (κ2) is 18.3. The van der Waals surface area contributed by atoms with Crippen LogP contribution in [0, 0.1) is 0 Å². The second-order valence-corrected chi connectivity index (χ2v) is 11.3. The van der Waals surface area contributed by atoms with Gasteiger partial charge in [-0.15, -0.1) is 0 Å². The third kappa shape index (κ3) is 13.3. The molecule has 226 valence electrons. The Kier molecular flexibility index (Phi) is 16.0. The van der Waals surface area contributed by atoms with Crippen molar-refractivity contribution in [1.82, 2.24) is 15.5 Å². The topological polar surface area (TPSA) is 131 Å². The van der Waals surface area contributed by atoms with E-state index < -0.39 is 42.0 Å². The molecular formula is C31H52N4O5. The highest BCUT2D eigenvalue weighted by atomic mass is 16.6. The van der Waals surface area contributed by atoms with Crippen molar-refractivity contribution in [3.05, 3.63) is 35.4 Å². The molecule has 0 aromatic heterocycles. The minimum absolute atomic E-state index is 0.288. The molecule has 0 aliphatic carbocycles.